The second kappa shape index (κ2) is 5.73. The number of likely N-dealkylation sites (N-methyl/N-ethyl adjacent to an activating group) is 1. The molecule has 1 aliphatic rings. The number of aryl methyl sites for hydroxylation is 1. The lowest BCUT2D eigenvalue weighted by atomic mass is 10.1. The highest BCUT2D eigenvalue weighted by molar-refractivity contribution is 5.19. The van der Waals surface area contributed by atoms with E-state index in [9.17, 15) is 5.11 Å². The first-order chi connectivity index (χ1) is 8.61. The fourth-order valence-electron chi connectivity index (χ4n) is 2.21. The van der Waals surface area contributed by atoms with Gasteiger partial charge in [-0.1, -0.05) is 6.92 Å². The lowest BCUT2D eigenvalue weighted by Crippen LogP contribution is -2.38. The Morgan fingerprint density at radius 3 is 3.00 bits per heavy atom. The molecule has 2 heterocycles. The van der Waals surface area contributed by atoms with Crippen LogP contribution in [0.25, 0.3) is 0 Å². The molecule has 1 unspecified atom stereocenters. The first-order valence-corrected chi connectivity index (χ1v) is 6.47. The van der Waals surface area contributed by atoms with Gasteiger partial charge in [0.25, 0.3) is 0 Å². The summed E-state index contributed by atoms with van der Waals surface area (Å²) in [6.45, 7) is 9.31. The molecule has 0 aromatic carbocycles. The van der Waals surface area contributed by atoms with Crippen LogP contribution in [0.3, 0.4) is 0 Å². The molecule has 0 amide bonds. The predicted molar refractivity (Wildman–Crippen MR) is 68.2 cm³/mol. The number of hydrogen-bond donors (Lipinski definition) is 1. The molecule has 0 radical (unpaired) electrons. The molecule has 5 heteroatoms. The average molecular weight is 251 g/mol. The van der Waals surface area contributed by atoms with Crippen LogP contribution in [-0.2, 0) is 4.74 Å². The molecule has 18 heavy (non-hydrogen) atoms. The molecule has 1 fully saturated rings. The molecular weight excluding hydrogens is 230 g/mol. The number of morpholine rings is 1. The Labute approximate surface area is 108 Å². The molecule has 100 valence electrons. The summed E-state index contributed by atoms with van der Waals surface area (Å²) in [5, 5.41) is 9.57. The molecule has 1 aliphatic heterocycles. The lowest BCUT2D eigenvalue weighted by Gasteiger charge is -2.31. The Kier molecular flexibility index (Phi) is 4.27. The SMILES string of the molecule is CCN1CCOC(c2ncc([C@H](C)O)c(C)n2)C1. The Hall–Kier alpha value is -1.04. The Balaban J connectivity index is 2.16. The third kappa shape index (κ3) is 2.85. The minimum Gasteiger partial charge on any atom is -0.389 e. The van der Waals surface area contributed by atoms with Crippen LogP contribution in [0.5, 0.6) is 0 Å². The Morgan fingerprint density at radius 2 is 2.39 bits per heavy atom. The highest BCUT2D eigenvalue weighted by Crippen LogP contribution is 2.21. The number of nitrogens with zero attached hydrogens (tertiary/aromatic N) is 3. The maximum atomic E-state index is 9.57. The quantitative estimate of drug-likeness (QED) is 0.875. The normalized spacial score (nSPS) is 23.0. The van der Waals surface area contributed by atoms with Crippen molar-refractivity contribution in [2.45, 2.75) is 33.0 Å². The van der Waals surface area contributed by atoms with Crippen molar-refractivity contribution in [2.24, 2.45) is 0 Å². The van der Waals surface area contributed by atoms with Gasteiger partial charge < -0.3 is 9.84 Å². The van der Waals surface area contributed by atoms with E-state index in [1.54, 1.807) is 13.1 Å². The van der Waals surface area contributed by atoms with Crippen LogP contribution >= 0.6 is 0 Å². The highest BCUT2D eigenvalue weighted by Gasteiger charge is 2.23. The Bertz CT molecular complexity index is 409. The summed E-state index contributed by atoms with van der Waals surface area (Å²) in [5.41, 5.74) is 1.61. The fraction of sp³-hybridized carbons (Fsp3) is 0.692. The van der Waals surface area contributed by atoms with E-state index >= 15 is 0 Å². The van der Waals surface area contributed by atoms with Gasteiger partial charge in [0.15, 0.2) is 5.82 Å². The number of aromatic nitrogens is 2. The van der Waals surface area contributed by atoms with E-state index in [2.05, 4.69) is 21.8 Å². The van der Waals surface area contributed by atoms with Crippen LogP contribution in [0.4, 0.5) is 0 Å². The van der Waals surface area contributed by atoms with Crippen molar-refractivity contribution in [1.29, 1.82) is 0 Å². The summed E-state index contributed by atoms with van der Waals surface area (Å²) in [6, 6.07) is 0. The minimum atomic E-state index is -0.529. The molecule has 0 spiro atoms. The van der Waals surface area contributed by atoms with Gasteiger partial charge in [0.2, 0.25) is 0 Å². The number of rotatable bonds is 3. The van der Waals surface area contributed by atoms with Gasteiger partial charge in [-0.25, -0.2) is 9.97 Å². The second-order valence-electron chi connectivity index (χ2n) is 4.70. The summed E-state index contributed by atoms with van der Waals surface area (Å²) in [4.78, 5) is 11.1. The van der Waals surface area contributed by atoms with E-state index < -0.39 is 6.10 Å². The van der Waals surface area contributed by atoms with Crippen molar-refractivity contribution in [3.05, 3.63) is 23.3 Å². The molecule has 2 rings (SSSR count). The summed E-state index contributed by atoms with van der Waals surface area (Å²) >= 11 is 0. The first-order valence-electron chi connectivity index (χ1n) is 6.47. The van der Waals surface area contributed by atoms with Crippen LogP contribution in [-0.4, -0.2) is 46.2 Å². The zero-order valence-electron chi connectivity index (χ0n) is 11.3. The standard InChI is InChI=1S/C13H21N3O2/c1-4-16-5-6-18-12(8-16)13-14-7-11(10(3)17)9(2)15-13/h7,10,12,17H,4-6,8H2,1-3H3/t10-,12?/m0/s1. The summed E-state index contributed by atoms with van der Waals surface area (Å²) < 4.78 is 5.72. The molecular formula is C13H21N3O2. The van der Waals surface area contributed by atoms with Crippen LogP contribution in [0.1, 0.15) is 43.1 Å². The highest BCUT2D eigenvalue weighted by atomic mass is 16.5. The van der Waals surface area contributed by atoms with Crippen molar-refractivity contribution in [2.75, 3.05) is 26.2 Å². The van der Waals surface area contributed by atoms with Crippen molar-refractivity contribution in [3.63, 3.8) is 0 Å². The minimum absolute atomic E-state index is 0.0551. The molecule has 1 aromatic rings. The van der Waals surface area contributed by atoms with E-state index in [1.807, 2.05) is 6.92 Å². The molecule has 2 atom stereocenters. The molecule has 1 N–H and O–H groups in total. The third-order valence-corrected chi connectivity index (χ3v) is 3.37. The van der Waals surface area contributed by atoms with Crippen molar-refractivity contribution in [3.8, 4) is 0 Å². The van der Waals surface area contributed by atoms with Gasteiger partial charge in [-0.3, -0.25) is 4.90 Å². The zero-order chi connectivity index (χ0) is 13.1. The van der Waals surface area contributed by atoms with Gasteiger partial charge in [0.05, 0.1) is 12.7 Å². The van der Waals surface area contributed by atoms with Crippen molar-refractivity contribution < 1.29 is 9.84 Å². The van der Waals surface area contributed by atoms with Crippen LogP contribution in [0.2, 0.25) is 0 Å². The number of aliphatic hydroxyl groups is 1. The van der Waals surface area contributed by atoms with Gasteiger partial charge >= 0.3 is 0 Å². The third-order valence-electron chi connectivity index (χ3n) is 3.37. The summed E-state index contributed by atoms with van der Waals surface area (Å²) in [5.74, 6) is 0.718. The second-order valence-corrected chi connectivity index (χ2v) is 4.70. The molecule has 1 saturated heterocycles. The van der Waals surface area contributed by atoms with Crippen LogP contribution in [0.15, 0.2) is 6.20 Å². The van der Waals surface area contributed by atoms with E-state index in [1.165, 1.54) is 0 Å². The van der Waals surface area contributed by atoms with Gasteiger partial charge in [0.1, 0.15) is 6.10 Å². The van der Waals surface area contributed by atoms with Gasteiger partial charge in [-0.15, -0.1) is 0 Å². The van der Waals surface area contributed by atoms with E-state index in [0.29, 0.717) is 0 Å². The van der Waals surface area contributed by atoms with E-state index in [4.69, 9.17) is 4.74 Å². The fourth-order valence-corrected chi connectivity index (χ4v) is 2.21. The van der Waals surface area contributed by atoms with Gasteiger partial charge in [0, 0.05) is 30.5 Å². The molecule has 1 aromatic heterocycles. The average Bonchev–Trinajstić information content (AvgIpc) is 2.38. The van der Waals surface area contributed by atoms with Crippen molar-refractivity contribution >= 4 is 0 Å². The van der Waals surface area contributed by atoms with E-state index in [0.717, 1.165) is 43.3 Å². The first kappa shape index (κ1) is 13.4. The van der Waals surface area contributed by atoms with Crippen molar-refractivity contribution in [1.82, 2.24) is 14.9 Å². The smallest absolute Gasteiger partial charge is 0.158 e. The molecule has 0 aliphatic carbocycles. The lowest BCUT2D eigenvalue weighted by molar-refractivity contribution is -0.0327. The topological polar surface area (TPSA) is 58.5 Å². The number of aliphatic hydroxyl groups excluding tert-OH is 1. The summed E-state index contributed by atoms with van der Waals surface area (Å²) in [6.07, 6.45) is 1.12. The summed E-state index contributed by atoms with van der Waals surface area (Å²) in [7, 11) is 0. The largest absolute Gasteiger partial charge is 0.389 e. The number of hydrogen-bond acceptors (Lipinski definition) is 5. The number of ether oxygens (including phenoxy) is 1. The monoisotopic (exact) mass is 251 g/mol. The zero-order valence-corrected chi connectivity index (χ0v) is 11.3. The maximum Gasteiger partial charge on any atom is 0.158 e. The van der Waals surface area contributed by atoms with Gasteiger partial charge in [-0.2, -0.15) is 0 Å². The maximum absolute atomic E-state index is 9.57. The van der Waals surface area contributed by atoms with Crippen LogP contribution < -0.4 is 0 Å². The van der Waals surface area contributed by atoms with Crippen LogP contribution in [0, 0.1) is 6.92 Å². The molecule has 5 nitrogen and oxygen atoms in total. The molecule has 0 bridgehead atoms. The predicted octanol–water partition coefficient (Wildman–Crippen LogP) is 1.23. The Morgan fingerprint density at radius 1 is 1.61 bits per heavy atom. The molecule has 0 saturated carbocycles. The van der Waals surface area contributed by atoms with E-state index in [-0.39, 0.29) is 6.10 Å². The van der Waals surface area contributed by atoms with Gasteiger partial charge in [-0.05, 0) is 20.4 Å².